The minimum Gasteiger partial charge on any atom is -0.480 e. The third-order valence-electron chi connectivity index (χ3n) is 3.37. The average Bonchev–Trinajstić information content (AvgIpc) is 2.39. The molecule has 0 atom stereocenters. The summed E-state index contributed by atoms with van der Waals surface area (Å²) in [7, 11) is 0. The van der Waals surface area contributed by atoms with Gasteiger partial charge < -0.3 is 15.3 Å². The Bertz CT molecular complexity index is 480. The summed E-state index contributed by atoms with van der Waals surface area (Å²) in [5.41, 5.74) is 0.593. The smallest absolute Gasteiger partial charge is 0.329 e. The van der Waals surface area contributed by atoms with Crippen molar-refractivity contribution in [3.63, 3.8) is 0 Å². The van der Waals surface area contributed by atoms with Crippen molar-refractivity contribution in [2.45, 2.75) is 39.7 Å². The number of carbonyl (C=O) groups is 2. The van der Waals surface area contributed by atoms with E-state index in [1.807, 2.05) is 24.3 Å². The molecule has 0 aromatic heterocycles. The van der Waals surface area contributed by atoms with E-state index in [0.717, 1.165) is 6.42 Å². The molecule has 0 aliphatic rings. The minimum atomic E-state index is -1.25. The summed E-state index contributed by atoms with van der Waals surface area (Å²) in [6.45, 7) is 7.15. The maximum Gasteiger partial charge on any atom is 0.329 e. The number of nitrogens with zero attached hydrogens (tertiary/aromatic N) is 1. The minimum absolute atomic E-state index is 0.318. The van der Waals surface area contributed by atoms with Gasteiger partial charge in [-0.1, -0.05) is 19.1 Å². The Kier molecular flexibility index (Phi) is 5.13. The predicted molar refractivity (Wildman–Crippen MR) is 78.9 cm³/mol. The number of hydrogen-bond donors (Lipinski definition) is 2. The van der Waals surface area contributed by atoms with Gasteiger partial charge in [-0.2, -0.15) is 0 Å². The van der Waals surface area contributed by atoms with Crippen LogP contribution in [0.15, 0.2) is 24.3 Å². The molecule has 0 spiro atoms. The molecule has 1 aromatic carbocycles. The summed E-state index contributed by atoms with van der Waals surface area (Å²) in [5, 5.41) is 11.9. The maximum atomic E-state index is 12.2. The van der Waals surface area contributed by atoms with Gasteiger partial charge in [-0.25, -0.2) is 9.59 Å². The summed E-state index contributed by atoms with van der Waals surface area (Å²) in [6, 6.07) is 7.10. The average molecular weight is 278 g/mol. The molecule has 0 bridgehead atoms. The van der Waals surface area contributed by atoms with Gasteiger partial charge in [-0.05, 0) is 44.9 Å². The van der Waals surface area contributed by atoms with Crippen LogP contribution < -0.4 is 5.32 Å². The van der Waals surface area contributed by atoms with Gasteiger partial charge in [-0.3, -0.25) is 0 Å². The molecular weight excluding hydrogens is 256 g/mol. The van der Waals surface area contributed by atoms with Crippen LogP contribution in [0.25, 0.3) is 0 Å². The molecule has 0 radical (unpaired) electrons. The molecule has 0 fully saturated rings. The fourth-order valence-corrected chi connectivity index (χ4v) is 1.92. The fourth-order valence-electron chi connectivity index (χ4n) is 1.92. The summed E-state index contributed by atoms with van der Waals surface area (Å²) < 4.78 is 0. The second-order valence-electron chi connectivity index (χ2n) is 5.09. The number of urea groups is 1. The molecule has 2 N–H and O–H groups in total. The zero-order chi connectivity index (χ0) is 15.3. The molecule has 0 saturated carbocycles. The first-order chi connectivity index (χ1) is 9.32. The standard InChI is InChI=1S/C15H22N2O3/c1-5-11-7-9-12(10-8-11)16-14(20)17(6-2)15(3,4)13(18)19/h7-10H,5-6H2,1-4H3,(H,16,20)(H,18,19). The first kappa shape index (κ1) is 16.0. The zero-order valence-corrected chi connectivity index (χ0v) is 12.4. The Hall–Kier alpha value is -2.04. The van der Waals surface area contributed by atoms with E-state index in [4.69, 9.17) is 0 Å². The highest BCUT2D eigenvalue weighted by Gasteiger charge is 2.36. The first-order valence-electron chi connectivity index (χ1n) is 6.73. The second-order valence-corrected chi connectivity index (χ2v) is 5.09. The Labute approximate surface area is 119 Å². The molecule has 1 rings (SSSR count). The van der Waals surface area contributed by atoms with Gasteiger partial charge in [0.15, 0.2) is 0 Å². The van der Waals surface area contributed by atoms with Gasteiger partial charge in [0.25, 0.3) is 0 Å². The van der Waals surface area contributed by atoms with E-state index in [0.29, 0.717) is 12.2 Å². The number of hydrogen-bond acceptors (Lipinski definition) is 2. The molecule has 0 saturated heterocycles. The van der Waals surface area contributed by atoms with Gasteiger partial charge in [0.05, 0.1) is 0 Å². The quantitative estimate of drug-likeness (QED) is 0.870. The van der Waals surface area contributed by atoms with Gasteiger partial charge in [-0.15, -0.1) is 0 Å². The molecule has 0 heterocycles. The summed E-state index contributed by atoms with van der Waals surface area (Å²) >= 11 is 0. The van der Waals surface area contributed by atoms with Crippen LogP contribution in [0.5, 0.6) is 0 Å². The van der Waals surface area contributed by atoms with Crippen molar-refractivity contribution in [3.8, 4) is 0 Å². The maximum absolute atomic E-state index is 12.2. The normalized spacial score (nSPS) is 11.0. The van der Waals surface area contributed by atoms with Crippen LogP contribution in [0, 0.1) is 0 Å². The number of anilines is 1. The van der Waals surface area contributed by atoms with Crippen molar-refractivity contribution in [3.05, 3.63) is 29.8 Å². The first-order valence-corrected chi connectivity index (χ1v) is 6.73. The predicted octanol–water partition coefficient (Wildman–Crippen LogP) is 2.97. The van der Waals surface area contributed by atoms with Crippen LogP contribution in [-0.2, 0) is 11.2 Å². The van der Waals surface area contributed by atoms with E-state index in [-0.39, 0.29) is 0 Å². The molecule has 20 heavy (non-hydrogen) atoms. The highest BCUT2D eigenvalue weighted by atomic mass is 16.4. The molecule has 0 unspecified atom stereocenters. The molecule has 1 aromatic rings. The van der Waals surface area contributed by atoms with Gasteiger partial charge in [0, 0.05) is 12.2 Å². The number of aryl methyl sites for hydroxylation is 1. The van der Waals surface area contributed by atoms with Gasteiger partial charge in [0.2, 0.25) is 0 Å². The lowest BCUT2D eigenvalue weighted by atomic mass is 10.0. The van der Waals surface area contributed by atoms with Crippen LogP contribution in [-0.4, -0.2) is 34.1 Å². The van der Waals surface area contributed by atoms with Crippen LogP contribution in [0.3, 0.4) is 0 Å². The topological polar surface area (TPSA) is 69.6 Å². The lowest BCUT2D eigenvalue weighted by Crippen LogP contribution is -2.54. The van der Waals surface area contributed by atoms with Crippen molar-refractivity contribution in [1.82, 2.24) is 4.90 Å². The largest absolute Gasteiger partial charge is 0.480 e. The van der Waals surface area contributed by atoms with Crippen molar-refractivity contribution in [2.24, 2.45) is 0 Å². The van der Waals surface area contributed by atoms with E-state index < -0.39 is 17.5 Å². The number of amides is 2. The molecule has 5 nitrogen and oxygen atoms in total. The fraction of sp³-hybridized carbons (Fsp3) is 0.467. The number of carboxylic acid groups (broad SMARTS) is 1. The Morgan fingerprint density at radius 2 is 1.75 bits per heavy atom. The van der Waals surface area contributed by atoms with Crippen molar-refractivity contribution >= 4 is 17.7 Å². The Morgan fingerprint density at radius 3 is 2.15 bits per heavy atom. The highest BCUT2D eigenvalue weighted by Crippen LogP contribution is 2.17. The number of nitrogens with one attached hydrogen (secondary N) is 1. The zero-order valence-electron chi connectivity index (χ0n) is 12.4. The van der Waals surface area contributed by atoms with Gasteiger partial charge in [0.1, 0.15) is 5.54 Å². The lowest BCUT2D eigenvalue weighted by Gasteiger charge is -2.34. The van der Waals surface area contributed by atoms with E-state index in [9.17, 15) is 14.7 Å². The number of rotatable bonds is 5. The summed E-state index contributed by atoms with van der Waals surface area (Å²) in [5.74, 6) is -1.03. The van der Waals surface area contributed by atoms with E-state index >= 15 is 0 Å². The number of likely N-dealkylation sites (N-methyl/N-ethyl adjacent to an activating group) is 1. The molecule has 110 valence electrons. The Morgan fingerprint density at radius 1 is 1.20 bits per heavy atom. The summed E-state index contributed by atoms with van der Waals surface area (Å²) in [4.78, 5) is 24.7. The van der Waals surface area contributed by atoms with E-state index in [1.54, 1.807) is 6.92 Å². The molecular formula is C15H22N2O3. The van der Waals surface area contributed by atoms with Gasteiger partial charge >= 0.3 is 12.0 Å². The molecule has 0 aliphatic carbocycles. The third-order valence-corrected chi connectivity index (χ3v) is 3.37. The number of benzene rings is 1. The van der Waals surface area contributed by atoms with Crippen molar-refractivity contribution < 1.29 is 14.7 Å². The van der Waals surface area contributed by atoms with Crippen LogP contribution in [0.4, 0.5) is 10.5 Å². The number of carbonyl (C=O) groups excluding carboxylic acids is 1. The van der Waals surface area contributed by atoms with Crippen molar-refractivity contribution in [1.29, 1.82) is 0 Å². The van der Waals surface area contributed by atoms with Crippen LogP contribution in [0.1, 0.15) is 33.3 Å². The van der Waals surface area contributed by atoms with E-state index in [2.05, 4.69) is 12.2 Å². The van der Waals surface area contributed by atoms with Crippen LogP contribution in [0.2, 0.25) is 0 Å². The monoisotopic (exact) mass is 278 g/mol. The highest BCUT2D eigenvalue weighted by molar-refractivity contribution is 5.93. The number of carboxylic acids is 1. The SMILES string of the molecule is CCc1ccc(NC(=O)N(CC)C(C)(C)C(=O)O)cc1. The third kappa shape index (κ3) is 3.50. The van der Waals surface area contributed by atoms with Crippen molar-refractivity contribution in [2.75, 3.05) is 11.9 Å². The van der Waals surface area contributed by atoms with Crippen LogP contribution >= 0.6 is 0 Å². The summed E-state index contributed by atoms with van der Waals surface area (Å²) in [6.07, 6.45) is 0.932. The van der Waals surface area contributed by atoms with E-state index in [1.165, 1.54) is 24.3 Å². The Balaban J connectivity index is 2.84. The molecule has 2 amide bonds. The second kappa shape index (κ2) is 6.41. The molecule has 5 heteroatoms. The number of aliphatic carboxylic acids is 1. The molecule has 0 aliphatic heterocycles. The lowest BCUT2D eigenvalue weighted by molar-refractivity contribution is -0.147.